The molecule has 1 saturated heterocycles. The van der Waals surface area contributed by atoms with Gasteiger partial charge in [-0.2, -0.15) is 18.4 Å². The molecule has 1 N–H and O–H groups in total. The van der Waals surface area contributed by atoms with Gasteiger partial charge in [0.25, 0.3) is 0 Å². The number of piperazine rings is 1. The molecular formula is C23H31F3N4O2. The summed E-state index contributed by atoms with van der Waals surface area (Å²) in [7, 11) is 1.48. The summed E-state index contributed by atoms with van der Waals surface area (Å²) in [6.07, 6.45) is 0.665. The van der Waals surface area contributed by atoms with E-state index in [0.29, 0.717) is 30.4 Å². The zero-order chi connectivity index (χ0) is 23.1. The Morgan fingerprint density at radius 1 is 1.19 bits per heavy atom. The van der Waals surface area contributed by atoms with Gasteiger partial charge in [0.2, 0.25) is 5.91 Å². The minimum absolute atomic E-state index is 0.0850. The number of carbonyl (C=O) groups is 1. The molecule has 1 heterocycles. The summed E-state index contributed by atoms with van der Waals surface area (Å²) in [5, 5.41) is 11.5. The lowest BCUT2D eigenvalue weighted by Crippen LogP contribution is -2.47. The number of alkyl halides is 3. The van der Waals surface area contributed by atoms with Crippen molar-refractivity contribution >= 4 is 11.6 Å². The quantitative estimate of drug-likeness (QED) is 0.681. The molecule has 1 aliphatic heterocycles. The summed E-state index contributed by atoms with van der Waals surface area (Å²) in [5.41, 5.74) is -0.158. The molecule has 1 saturated carbocycles. The minimum Gasteiger partial charge on any atom is -0.495 e. The number of hydrogen-bond donors (Lipinski definition) is 1. The highest BCUT2D eigenvalue weighted by molar-refractivity contribution is 5.78. The van der Waals surface area contributed by atoms with Crippen molar-refractivity contribution in [1.82, 2.24) is 10.2 Å². The maximum atomic E-state index is 13.1. The van der Waals surface area contributed by atoms with Crippen LogP contribution in [0.1, 0.15) is 44.1 Å². The van der Waals surface area contributed by atoms with Crippen LogP contribution < -0.4 is 15.0 Å². The van der Waals surface area contributed by atoms with E-state index in [1.165, 1.54) is 19.2 Å². The van der Waals surface area contributed by atoms with Crippen molar-refractivity contribution in [1.29, 1.82) is 5.26 Å². The van der Waals surface area contributed by atoms with Crippen LogP contribution in [0.5, 0.6) is 5.75 Å². The Balaban J connectivity index is 1.43. The highest BCUT2D eigenvalue weighted by Crippen LogP contribution is 2.37. The number of rotatable bonds is 7. The lowest BCUT2D eigenvalue weighted by Gasteiger charge is -2.38. The number of amides is 1. The highest BCUT2D eigenvalue weighted by atomic mass is 19.4. The third-order valence-electron chi connectivity index (χ3n) is 6.52. The summed E-state index contributed by atoms with van der Waals surface area (Å²) in [6, 6.07) is 5.69. The topological polar surface area (TPSA) is 68.6 Å². The van der Waals surface area contributed by atoms with Crippen molar-refractivity contribution in [3.63, 3.8) is 0 Å². The van der Waals surface area contributed by atoms with Crippen LogP contribution in [0, 0.1) is 17.2 Å². The van der Waals surface area contributed by atoms with Crippen molar-refractivity contribution in [2.45, 2.75) is 50.7 Å². The van der Waals surface area contributed by atoms with Crippen LogP contribution in [-0.2, 0) is 11.0 Å². The number of nitrogens with one attached hydrogen (secondary N) is 1. The Morgan fingerprint density at radius 2 is 1.88 bits per heavy atom. The van der Waals surface area contributed by atoms with E-state index in [-0.39, 0.29) is 18.4 Å². The van der Waals surface area contributed by atoms with Crippen LogP contribution >= 0.6 is 0 Å². The van der Waals surface area contributed by atoms with Crippen molar-refractivity contribution in [3.05, 3.63) is 23.8 Å². The molecule has 176 valence electrons. The van der Waals surface area contributed by atoms with Gasteiger partial charge in [0.1, 0.15) is 12.2 Å². The molecule has 1 aromatic rings. The molecule has 0 spiro atoms. The molecule has 1 amide bonds. The van der Waals surface area contributed by atoms with Crippen LogP contribution in [0.25, 0.3) is 0 Å². The van der Waals surface area contributed by atoms with Crippen LogP contribution in [0.15, 0.2) is 18.2 Å². The number of methoxy groups -OCH3 is 1. The van der Waals surface area contributed by atoms with E-state index in [4.69, 9.17) is 10.00 Å². The van der Waals surface area contributed by atoms with Crippen molar-refractivity contribution in [2.75, 3.05) is 44.7 Å². The summed E-state index contributed by atoms with van der Waals surface area (Å²) in [6.45, 7) is 3.91. The number of benzene rings is 1. The SMILES string of the molecule is COc1ccc(C(F)(F)F)cc1N1CCN(CC[C@H]2CC[C@H](NC(=O)CC#N)CC2)CC1. The smallest absolute Gasteiger partial charge is 0.416 e. The number of halogens is 3. The average Bonchev–Trinajstić information content (AvgIpc) is 2.78. The van der Waals surface area contributed by atoms with E-state index in [1.807, 2.05) is 11.0 Å². The van der Waals surface area contributed by atoms with Crippen LogP contribution in [0.4, 0.5) is 18.9 Å². The predicted octanol–water partition coefficient (Wildman–Crippen LogP) is 3.81. The highest BCUT2D eigenvalue weighted by Gasteiger charge is 2.32. The van der Waals surface area contributed by atoms with Gasteiger partial charge in [0, 0.05) is 32.2 Å². The average molecular weight is 453 g/mol. The molecule has 2 fully saturated rings. The van der Waals surface area contributed by atoms with E-state index in [0.717, 1.165) is 57.8 Å². The Hall–Kier alpha value is -2.47. The second kappa shape index (κ2) is 10.9. The molecular weight excluding hydrogens is 421 g/mol. The molecule has 0 unspecified atom stereocenters. The Labute approximate surface area is 187 Å². The monoisotopic (exact) mass is 452 g/mol. The second-order valence-electron chi connectivity index (χ2n) is 8.62. The molecule has 0 bridgehead atoms. The van der Waals surface area contributed by atoms with Crippen LogP contribution in [0.3, 0.4) is 0 Å². The number of anilines is 1. The fraction of sp³-hybridized carbons (Fsp3) is 0.652. The molecule has 9 heteroatoms. The lowest BCUT2D eigenvalue weighted by atomic mass is 9.84. The van der Waals surface area contributed by atoms with Gasteiger partial charge in [-0.15, -0.1) is 0 Å². The van der Waals surface area contributed by atoms with E-state index < -0.39 is 11.7 Å². The second-order valence-corrected chi connectivity index (χ2v) is 8.62. The van der Waals surface area contributed by atoms with Gasteiger partial charge in [0.05, 0.1) is 24.4 Å². The molecule has 3 rings (SSSR count). The lowest BCUT2D eigenvalue weighted by molar-refractivity contribution is -0.137. The van der Waals surface area contributed by atoms with Gasteiger partial charge in [-0.05, 0) is 62.8 Å². The van der Waals surface area contributed by atoms with Gasteiger partial charge in [0.15, 0.2) is 0 Å². The molecule has 1 aliphatic carbocycles. The zero-order valence-corrected chi connectivity index (χ0v) is 18.5. The standard InChI is InChI=1S/C23H31F3N4O2/c1-32-21-7-4-18(23(24,25)26)16-20(21)30-14-12-29(13-15-30)11-9-17-2-5-19(6-3-17)28-22(31)8-10-27/h4,7,16-17,19H,2-3,5-6,8-9,11-15H2,1H3,(H,28,31)/t17-,19-. The third-order valence-corrected chi connectivity index (χ3v) is 6.52. The predicted molar refractivity (Wildman–Crippen MR) is 115 cm³/mol. The van der Waals surface area contributed by atoms with Crippen LogP contribution in [0.2, 0.25) is 0 Å². The number of carbonyl (C=O) groups excluding carboxylic acids is 1. The van der Waals surface area contributed by atoms with E-state index in [2.05, 4.69) is 10.2 Å². The van der Waals surface area contributed by atoms with Gasteiger partial charge in [-0.25, -0.2) is 0 Å². The summed E-state index contributed by atoms with van der Waals surface area (Å²) in [5.74, 6) is 0.900. The summed E-state index contributed by atoms with van der Waals surface area (Å²) in [4.78, 5) is 15.9. The molecule has 32 heavy (non-hydrogen) atoms. The molecule has 0 aromatic heterocycles. The molecule has 1 aromatic carbocycles. The Kier molecular flexibility index (Phi) is 8.24. The molecule has 2 aliphatic rings. The molecule has 0 radical (unpaired) electrons. The van der Waals surface area contributed by atoms with Crippen molar-refractivity contribution < 1.29 is 22.7 Å². The maximum absolute atomic E-state index is 13.1. The fourth-order valence-corrected chi connectivity index (χ4v) is 4.64. The maximum Gasteiger partial charge on any atom is 0.416 e. The summed E-state index contributed by atoms with van der Waals surface area (Å²) < 4.78 is 44.7. The number of ether oxygens (including phenoxy) is 1. The number of nitrogens with zero attached hydrogens (tertiary/aromatic N) is 3. The van der Waals surface area contributed by atoms with E-state index in [9.17, 15) is 18.0 Å². The first-order valence-corrected chi connectivity index (χ1v) is 11.2. The first kappa shape index (κ1) is 24.2. The van der Waals surface area contributed by atoms with Gasteiger partial charge >= 0.3 is 6.18 Å². The summed E-state index contributed by atoms with van der Waals surface area (Å²) >= 11 is 0. The zero-order valence-electron chi connectivity index (χ0n) is 18.5. The van der Waals surface area contributed by atoms with E-state index >= 15 is 0 Å². The van der Waals surface area contributed by atoms with Crippen molar-refractivity contribution in [3.8, 4) is 11.8 Å². The Morgan fingerprint density at radius 3 is 2.47 bits per heavy atom. The van der Waals surface area contributed by atoms with Gasteiger partial charge < -0.3 is 15.0 Å². The first-order chi connectivity index (χ1) is 15.3. The van der Waals surface area contributed by atoms with Gasteiger partial charge in [-0.1, -0.05) is 0 Å². The number of hydrogen-bond acceptors (Lipinski definition) is 5. The molecule has 0 atom stereocenters. The van der Waals surface area contributed by atoms with Gasteiger partial charge in [-0.3, -0.25) is 9.69 Å². The van der Waals surface area contributed by atoms with Crippen molar-refractivity contribution in [2.24, 2.45) is 5.92 Å². The normalized spacial score (nSPS) is 22.3. The fourth-order valence-electron chi connectivity index (χ4n) is 4.64. The number of nitriles is 1. The third kappa shape index (κ3) is 6.52. The minimum atomic E-state index is -4.37. The van der Waals surface area contributed by atoms with E-state index in [1.54, 1.807) is 0 Å². The largest absolute Gasteiger partial charge is 0.495 e. The molecule has 6 nitrogen and oxygen atoms in total. The Bertz CT molecular complexity index is 808. The first-order valence-electron chi connectivity index (χ1n) is 11.2. The van der Waals surface area contributed by atoms with Crippen LogP contribution in [-0.4, -0.2) is 56.7 Å².